The monoisotopic (exact) mass is 441 g/mol. The number of carbonyl (C=O) groups is 2. The third-order valence-corrected chi connectivity index (χ3v) is 5.46. The fraction of sp³-hybridized carbons (Fsp3) is 0.111. The first-order valence-electron chi connectivity index (χ1n) is 10.0. The number of ketones is 1. The summed E-state index contributed by atoms with van der Waals surface area (Å²) in [5, 5.41) is 0.540. The van der Waals surface area contributed by atoms with Gasteiger partial charge in [0.15, 0.2) is 0 Å². The number of ether oxygens (including phenoxy) is 1. The fourth-order valence-electron chi connectivity index (χ4n) is 3.50. The van der Waals surface area contributed by atoms with E-state index in [-0.39, 0.29) is 17.3 Å². The van der Waals surface area contributed by atoms with Crippen LogP contribution in [0.4, 0.5) is 5.69 Å². The van der Waals surface area contributed by atoms with Gasteiger partial charge >= 0.3 is 0 Å². The molecule has 3 aromatic rings. The van der Waals surface area contributed by atoms with Gasteiger partial charge in [0.1, 0.15) is 5.75 Å². The van der Waals surface area contributed by atoms with Crippen molar-refractivity contribution in [2.24, 2.45) is 0 Å². The van der Waals surface area contributed by atoms with E-state index in [1.54, 1.807) is 56.6 Å². The van der Waals surface area contributed by atoms with Crippen LogP contribution in [0, 0.1) is 11.8 Å². The average molecular weight is 442 g/mol. The van der Waals surface area contributed by atoms with E-state index in [9.17, 15) is 9.59 Å². The van der Waals surface area contributed by atoms with Crippen molar-refractivity contribution >= 4 is 35.1 Å². The molecule has 5 heteroatoms. The van der Waals surface area contributed by atoms with Gasteiger partial charge in [-0.05, 0) is 59.7 Å². The Kier molecular flexibility index (Phi) is 6.11. The van der Waals surface area contributed by atoms with E-state index in [0.717, 1.165) is 16.9 Å². The molecule has 0 bridgehead atoms. The van der Waals surface area contributed by atoms with E-state index in [4.69, 9.17) is 16.3 Å². The van der Waals surface area contributed by atoms with Gasteiger partial charge in [0.2, 0.25) is 5.78 Å². The van der Waals surface area contributed by atoms with Gasteiger partial charge < -0.3 is 9.64 Å². The SMILES string of the molecule is COc1ccc(CC#Cc2ccc3c(c2)C(=O)C(=Cc2cccc(Cl)c2)C(=O)N3C)cc1. The number of benzene rings is 3. The summed E-state index contributed by atoms with van der Waals surface area (Å²) >= 11 is 6.04. The van der Waals surface area contributed by atoms with Crippen LogP contribution in [0.5, 0.6) is 5.75 Å². The van der Waals surface area contributed by atoms with Crippen LogP contribution in [0.15, 0.2) is 72.3 Å². The molecule has 3 aromatic carbocycles. The van der Waals surface area contributed by atoms with Crippen molar-refractivity contribution in [1.29, 1.82) is 0 Å². The first-order chi connectivity index (χ1) is 15.5. The van der Waals surface area contributed by atoms with Gasteiger partial charge in [0.05, 0.1) is 18.4 Å². The van der Waals surface area contributed by atoms with E-state index in [1.165, 1.54) is 4.90 Å². The molecular formula is C27H20ClNO3. The molecule has 0 fully saturated rings. The molecular weight excluding hydrogens is 422 g/mol. The maximum Gasteiger partial charge on any atom is 0.262 e. The number of anilines is 1. The van der Waals surface area contributed by atoms with Crippen molar-refractivity contribution in [3.8, 4) is 17.6 Å². The molecule has 0 saturated heterocycles. The number of methoxy groups -OCH3 is 1. The fourth-order valence-corrected chi connectivity index (χ4v) is 3.70. The van der Waals surface area contributed by atoms with Crippen LogP contribution in [0.1, 0.15) is 27.0 Å². The smallest absolute Gasteiger partial charge is 0.262 e. The van der Waals surface area contributed by atoms with Gasteiger partial charge in [-0.1, -0.05) is 47.7 Å². The number of hydrogen-bond acceptors (Lipinski definition) is 3. The number of carbonyl (C=O) groups excluding carboxylic acids is 2. The van der Waals surface area contributed by atoms with Gasteiger partial charge in [0, 0.05) is 29.6 Å². The summed E-state index contributed by atoms with van der Waals surface area (Å²) in [4.78, 5) is 27.5. The van der Waals surface area contributed by atoms with E-state index in [0.29, 0.717) is 28.3 Å². The number of hydrogen-bond donors (Lipinski definition) is 0. The predicted molar refractivity (Wildman–Crippen MR) is 127 cm³/mol. The van der Waals surface area contributed by atoms with Gasteiger partial charge in [-0.3, -0.25) is 9.59 Å². The van der Waals surface area contributed by atoms with Crippen LogP contribution < -0.4 is 9.64 Å². The highest BCUT2D eigenvalue weighted by Gasteiger charge is 2.32. The standard InChI is InChI=1S/C27H20ClNO3/c1-29-25-14-11-19(6-3-5-18-9-12-22(32-2)13-10-18)16-23(25)26(30)24(27(29)31)17-20-7-4-8-21(28)15-20/h4,7-17H,5H2,1-2H3. The summed E-state index contributed by atoms with van der Waals surface area (Å²) < 4.78 is 5.17. The lowest BCUT2D eigenvalue weighted by Crippen LogP contribution is -2.36. The summed E-state index contributed by atoms with van der Waals surface area (Å²) in [5.41, 5.74) is 3.62. The molecule has 0 saturated carbocycles. The maximum atomic E-state index is 13.2. The number of likely N-dealkylation sites (N-methyl/N-ethyl adjacent to an activating group) is 1. The van der Waals surface area contributed by atoms with Crippen LogP contribution in [0.3, 0.4) is 0 Å². The van der Waals surface area contributed by atoms with E-state index < -0.39 is 0 Å². The normalized spacial score (nSPS) is 14.1. The third kappa shape index (κ3) is 4.44. The van der Waals surface area contributed by atoms with Crippen molar-refractivity contribution < 1.29 is 14.3 Å². The molecule has 4 nitrogen and oxygen atoms in total. The first kappa shape index (κ1) is 21.4. The highest BCUT2D eigenvalue weighted by atomic mass is 35.5. The lowest BCUT2D eigenvalue weighted by Gasteiger charge is -2.26. The van der Waals surface area contributed by atoms with Gasteiger partial charge in [0.25, 0.3) is 5.91 Å². The molecule has 0 radical (unpaired) electrons. The first-order valence-corrected chi connectivity index (χ1v) is 10.4. The van der Waals surface area contributed by atoms with Crippen LogP contribution in [-0.2, 0) is 11.2 Å². The zero-order valence-electron chi connectivity index (χ0n) is 17.7. The molecule has 1 aliphatic heterocycles. The Balaban J connectivity index is 1.62. The lowest BCUT2D eigenvalue weighted by molar-refractivity contribution is -0.114. The van der Waals surface area contributed by atoms with Crippen LogP contribution in [0.25, 0.3) is 6.08 Å². The van der Waals surface area contributed by atoms with Crippen molar-refractivity contribution in [3.05, 3.63) is 99.6 Å². The topological polar surface area (TPSA) is 46.6 Å². The largest absolute Gasteiger partial charge is 0.497 e. The van der Waals surface area contributed by atoms with E-state index in [1.807, 2.05) is 30.3 Å². The minimum atomic E-state index is -0.346. The number of amides is 1. The molecule has 4 rings (SSSR count). The summed E-state index contributed by atoms with van der Waals surface area (Å²) in [6.07, 6.45) is 2.16. The lowest BCUT2D eigenvalue weighted by atomic mass is 9.92. The summed E-state index contributed by atoms with van der Waals surface area (Å²) in [5.74, 6) is 6.40. The Hall–Kier alpha value is -3.81. The highest BCUT2D eigenvalue weighted by molar-refractivity contribution is 6.36. The number of halogens is 1. The van der Waals surface area contributed by atoms with Crippen molar-refractivity contribution in [1.82, 2.24) is 0 Å². The Bertz CT molecular complexity index is 1300. The second-order valence-corrected chi connectivity index (χ2v) is 7.80. The zero-order valence-corrected chi connectivity index (χ0v) is 18.4. The van der Waals surface area contributed by atoms with Crippen LogP contribution in [-0.4, -0.2) is 25.8 Å². The molecule has 0 N–H and O–H groups in total. The molecule has 1 amide bonds. The molecule has 0 aromatic heterocycles. The maximum absolute atomic E-state index is 13.2. The Morgan fingerprint density at radius 2 is 1.81 bits per heavy atom. The Labute approximate surface area is 192 Å². The van der Waals surface area contributed by atoms with Crippen molar-refractivity contribution in [3.63, 3.8) is 0 Å². The van der Waals surface area contributed by atoms with Crippen molar-refractivity contribution in [2.45, 2.75) is 6.42 Å². The second-order valence-electron chi connectivity index (χ2n) is 7.36. The molecule has 158 valence electrons. The Morgan fingerprint density at radius 1 is 1.03 bits per heavy atom. The third-order valence-electron chi connectivity index (χ3n) is 5.23. The molecule has 0 atom stereocenters. The van der Waals surface area contributed by atoms with E-state index in [2.05, 4.69) is 11.8 Å². The second kappa shape index (κ2) is 9.13. The summed E-state index contributed by atoms with van der Waals surface area (Å²) in [6, 6.07) is 20.1. The van der Waals surface area contributed by atoms with Gasteiger partial charge in [-0.25, -0.2) is 0 Å². The quantitative estimate of drug-likeness (QED) is 0.319. The molecule has 32 heavy (non-hydrogen) atoms. The molecule has 1 heterocycles. The van der Waals surface area contributed by atoms with Gasteiger partial charge in [-0.2, -0.15) is 0 Å². The van der Waals surface area contributed by atoms with Crippen LogP contribution >= 0.6 is 11.6 Å². The molecule has 0 aliphatic carbocycles. The number of Topliss-reactive ketones (excluding diaryl/α,β-unsaturated/α-hetero) is 1. The van der Waals surface area contributed by atoms with Gasteiger partial charge in [-0.15, -0.1) is 0 Å². The molecule has 1 aliphatic rings. The highest BCUT2D eigenvalue weighted by Crippen LogP contribution is 2.31. The van der Waals surface area contributed by atoms with E-state index >= 15 is 0 Å². The minimum Gasteiger partial charge on any atom is -0.497 e. The van der Waals surface area contributed by atoms with Crippen LogP contribution in [0.2, 0.25) is 5.02 Å². The number of rotatable bonds is 3. The average Bonchev–Trinajstić information content (AvgIpc) is 2.81. The summed E-state index contributed by atoms with van der Waals surface area (Å²) in [7, 11) is 3.29. The van der Waals surface area contributed by atoms with Crippen molar-refractivity contribution in [2.75, 3.05) is 19.1 Å². The Morgan fingerprint density at radius 3 is 2.53 bits per heavy atom. The summed E-state index contributed by atoms with van der Waals surface area (Å²) in [6.45, 7) is 0. The molecule has 0 unspecified atom stereocenters. The predicted octanol–water partition coefficient (Wildman–Crippen LogP) is 5.19. The number of fused-ring (bicyclic) bond motifs is 1. The minimum absolute atomic E-state index is 0.102. The number of nitrogens with zero attached hydrogens (tertiary/aromatic N) is 1. The zero-order chi connectivity index (χ0) is 22.7. The molecule has 0 spiro atoms.